The molecule has 4 rings (SSSR count). The van der Waals surface area contributed by atoms with Crippen LogP contribution in [0.3, 0.4) is 0 Å². The molecule has 25 heavy (non-hydrogen) atoms. The molecule has 0 bridgehead atoms. The average molecular weight is 340 g/mol. The number of carbonyl (C=O) groups is 1. The van der Waals surface area contributed by atoms with Crippen molar-refractivity contribution in [3.63, 3.8) is 0 Å². The van der Waals surface area contributed by atoms with Crippen molar-refractivity contribution in [2.45, 2.75) is 13.3 Å². The summed E-state index contributed by atoms with van der Waals surface area (Å²) in [4.78, 5) is 14.4. The summed E-state index contributed by atoms with van der Waals surface area (Å²) < 4.78 is 16.2. The molecule has 130 valence electrons. The molecule has 3 aromatic rings. The Hall–Kier alpha value is -2.60. The first-order valence-electron chi connectivity index (χ1n) is 8.45. The van der Waals surface area contributed by atoms with E-state index in [-0.39, 0.29) is 11.8 Å². The van der Waals surface area contributed by atoms with Crippen LogP contribution >= 0.6 is 0 Å². The molecule has 6 heteroatoms. The predicted molar refractivity (Wildman–Crippen MR) is 91.4 cm³/mol. The lowest BCUT2D eigenvalue weighted by molar-refractivity contribution is 0.0727. The lowest BCUT2D eigenvalue weighted by Gasteiger charge is -2.22. The van der Waals surface area contributed by atoms with Crippen LogP contribution in [0.2, 0.25) is 0 Å². The second-order valence-electron chi connectivity index (χ2n) is 6.51. The smallest absolute Gasteiger partial charge is 0.276 e. The molecular formula is C19H20N2O4. The van der Waals surface area contributed by atoms with Crippen LogP contribution < -0.4 is 0 Å². The normalized spacial score (nSPS) is 18.4. The molecule has 0 radical (unpaired) electrons. The average Bonchev–Trinajstić information content (AvgIpc) is 3.18. The van der Waals surface area contributed by atoms with E-state index in [2.05, 4.69) is 23.4 Å². The Morgan fingerprint density at radius 2 is 2.24 bits per heavy atom. The fraction of sp³-hybridized carbons (Fsp3) is 0.368. The number of benzene rings is 1. The number of fused-ring (bicyclic) bond motifs is 1. The highest BCUT2D eigenvalue weighted by molar-refractivity contribution is 5.92. The summed E-state index contributed by atoms with van der Waals surface area (Å²) in [6.07, 6.45) is 2.53. The zero-order valence-corrected chi connectivity index (χ0v) is 14.1. The van der Waals surface area contributed by atoms with Gasteiger partial charge >= 0.3 is 0 Å². The third-order valence-corrected chi connectivity index (χ3v) is 4.52. The van der Waals surface area contributed by atoms with Crippen LogP contribution in [0.25, 0.3) is 11.0 Å². The van der Waals surface area contributed by atoms with Gasteiger partial charge in [-0.05, 0) is 31.0 Å². The number of hydrogen-bond donors (Lipinski definition) is 0. The Kier molecular flexibility index (Phi) is 4.28. The molecule has 0 aliphatic carbocycles. The largest absolute Gasteiger partial charge is 0.464 e. The van der Waals surface area contributed by atoms with E-state index >= 15 is 0 Å². The monoisotopic (exact) mass is 340 g/mol. The maximum atomic E-state index is 12.6. The Bertz CT molecular complexity index is 882. The molecule has 1 atom stereocenters. The number of aryl methyl sites for hydroxylation is 1. The van der Waals surface area contributed by atoms with E-state index in [9.17, 15) is 4.79 Å². The molecule has 1 saturated heterocycles. The molecule has 1 aliphatic rings. The molecule has 1 fully saturated rings. The van der Waals surface area contributed by atoms with Crippen molar-refractivity contribution in [3.8, 4) is 0 Å². The van der Waals surface area contributed by atoms with Crippen LogP contribution in [0.4, 0.5) is 0 Å². The zero-order chi connectivity index (χ0) is 17.2. The van der Waals surface area contributed by atoms with Gasteiger partial charge in [-0.3, -0.25) is 4.79 Å². The first-order chi connectivity index (χ1) is 12.2. The van der Waals surface area contributed by atoms with Gasteiger partial charge in [0.25, 0.3) is 5.91 Å². The number of nitrogens with zero attached hydrogens (tertiary/aromatic N) is 2. The van der Waals surface area contributed by atoms with Gasteiger partial charge in [0.2, 0.25) is 0 Å². The van der Waals surface area contributed by atoms with Crippen molar-refractivity contribution in [2.75, 3.05) is 26.3 Å². The standard InChI is InChI=1S/C19H20N2O4/c1-13-8-17(20-25-13)19(22)21-5-7-23-12-15(11-21)9-14-2-3-16-4-6-24-18(16)10-14/h2-4,6,8,10,15H,5,7,9,11-12H2,1H3. The SMILES string of the molecule is Cc1cc(C(=O)N2CCOCC(Cc3ccc4ccoc4c3)C2)no1. The van der Waals surface area contributed by atoms with E-state index in [1.54, 1.807) is 24.2 Å². The van der Waals surface area contributed by atoms with Crippen molar-refractivity contribution in [3.05, 3.63) is 53.6 Å². The van der Waals surface area contributed by atoms with Gasteiger partial charge in [0.05, 0.1) is 19.5 Å². The highest BCUT2D eigenvalue weighted by Crippen LogP contribution is 2.21. The Morgan fingerprint density at radius 1 is 1.32 bits per heavy atom. The third-order valence-electron chi connectivity index (χ3n) is 4.52. The molecule has 6 nitrogen and oxygen atoms in total. The number of furan rings is 1. The molecule has 3 heterocycles. The summed E-state index contributed by atoms with van der Waals surface area (Å²) >= 11 is 0. The van der Waals surface area contributed by atoms with Crippen molar-refractivity contribution in [2.24, 2.45) is 5.92 Å². The van der Waals surface area contributed by atoms with Crippen LogP contribution in [-0.4, -0.2) is 42.3 Å². The lowest BCUT2D eigenvalue weighted by Crippen LogP contribution is -2.36. The van der Waals surface area contributed by atoms with Gasteiger partial charge in [-0.15, -0.1) is 0 Å². The first kappa shape index (κ1) is 15.9. The van der Waals surface area contributed by atoms with E-state index in [1.807, 2.05) is 6.07 Å². The maximum absolute atomic E-state index is 12.6. The van der Waals surface area contributed by atoms with Crippen LogP contribution in [-0.2, 0) is 11.2 Å². The Morgan fingerprint density at radius 3 is 3.08 bits per heavy atom. The molecule has 0 spiro atoms. The topological polar surface area (TPSA) is 68.7 Å². The second kappa shape index (κ2) is 6.72. The van der Waals surface area contributed by atoms with Gasteiger partial charge in [0, 0.05) is 30.5 Å². The second-order valence-corrected chi connectivity index (χ2v) is 6.51. The molecule has 1 aliphatic heterocycles. The van der Waals surface area contributed by atoms with Crippen LogP contribution in [0.5, 0.6) is 0 Å². The van der Waals surface area contributed by atoms with Gasteiger partial charge in [-0.1, -0.05) is 17.3 Å². The van der Waals surface area contributed by atoms with Gasteiger partial charge in [0.15, 0.2) is 5.69 Å². The van der Waals surface area contributed by atoms with Crippen LogP contribution in [0, 0.1) is 12.8 Å². The summed E-state index contributed by atoms with van der Waals surface area (Å²) in [6.45, 7) is 4.16. The van der Waals surface area contributed by atoms with E-state index in [1.165, 1.54) is 5.56 Å². The quantitative estimate of drug-likeness (QED) is 0.733. The molecule has 1 aromatic carbocycles. The molecular weight excluding hydrogens is 320 g/mol. The fourth-order valence-corrected chi connectivity index (χ4v) is 3.28. The van der Waals surface area contributed by atoms with Gasteiger partial charge in [0.1, 0.15) is 11.3 Å². The minimum atomic E-state index is -0.103. The summed E-state index contributed by atoms with van der Waals surface area (Å²) in [5.74, 6) is 0.762. The Labute approximate surface area is 145 Å². The highest BCUT2D eigenvalue weighted by Gasteiger charge is 2.25. The van der Waals surface area contributed by atoms with E-state index in [4.69, 9.17) is 13.7 Å². The number of amides is 1. The van der Waals surface area contributed by atoms with Crippen molar-refractivity contribution in [1.82, 2.24) is 10.1 Å². The number of aromatic nitrogens is 1. The molecule has 1 amide bonds. The highest BCUT2D eigenvalue weighted by atomic mass is 16.5. The molecule has 2 aromatic heterocycles. The minimum Gasteiger partial charge on any atom is -0.464 e. The molecule has 1 unspecified atom stereocenters. The van der Waals surface area contributed by atoms with Crippen molar-refractivity contribution in [1.29, 1.82) is 0 Å². The molecule has 0 saturated carbocycles. The van der Waals surface area contributed by atoms with E-state index in [0.717, 1.165) is 17.4 Å². The summed E-state index contributed by atoms with van der Waals surface area (Å²) in [5.41, 5.74) is 2.43. The predicted octanol–water partition coefficient (Wildman–Crippen LogP) is 3.06. The third kappa shape index (κ3) is 3.44. The molecule has 0 N–H and O–H groups in total. The summed E-state index contributed by atoms with van der Waals surface area (Å²) in [5, 5.41) is 4.94. The summed E-state index contributed by atoms with van der Waals surface area (Å²) in [7, 11) is 0. The van der Waals surface area contributed by atoms with Crippen molar-refractivity contribution >= 4 is 16.9 Å². The fourth-order valence-electron chi connectivity index (χ4n) is 3.28. The van der Waals surface area contributed by atoms with E-state index < -0.39 is 0 Å². The Balaban J connectivity index is 1.48. The minimum absolute atomic E-state index is 0.103. The van der Waals surface area contributed by atoms with Crippen LogP contribution in [0.15, 0.2) is 45.5 Å². The van der Waals surface area contributed by atoms with Gasteiger partial charge in [-0.2, -0.15) is 0 Å². The maximum Gasteiger partial charge on any atom is 0.276 e. The number of hydrogen-bond acceptors (Lipinski definition) is 5. The summed E-state index contributed by atoms with van der Waals surface area (Å²) in [6, 6.07) is 9.86. The first-order valence-corrected chi connectivity index (χ1v) is 8.45. The van der Waals surface area contributed by atoms with Gasteiger partial charge < -0.3 is 18.6 Å². The van der Waals surface area contributed by atoms with Gasteiger partial charge in [-0.25, -0.2) is 0 Å². The number of ether oxygens (including phenoxy) is 1. The van der Waals surface area contributed by atoms with Crippen LogP contribution in [0.1, 0.15) is 21.8 Å². The lowest BCUT2D eigenvalue weighted by atomic mass is 9.99. The zero-order valence-electron chi connectivity index (χ0n) is 14.1. The van der Waals surface area contributed by atoms with Crippen molar-refractivity contribution < 1.29 is 18.5 Å². The van der Waals surface area contributed by atoms with E-state index in [0.29, 0.717) is 37.8 Å². The number of rotatable bonds is 3. The number of carbonyl (C=O) groups excluding carboxylic acids is 1.